The van der Waals surface area contributed by atoms with Gasteiger partial charge in [-0.3, -0.25) is 4.79 Å². The Morgan fingerprint density at radius 2 is 2.17 bits per heavy atom. The lowest BCUT2D eigenvalue weighted by Gasteiger charge is -2.01. The average molecular weight is 164 g/mol. The van der Waals surface area contributed by atoms with Gasteiger partial charge in [0.2, 0.25) is 0 Å². The maximum absolute atomic E-state index is 10.9. The predicted molar refractivity (Wildman–Crippen MR) is 44.9 cm³/mol. The van der Waals surface area contributed by atoms with Crippen molar-refractivity contribution in [2.75, 3.05) is 0 Å². The Morgan fingerprint density at radius 3 is 2.67 bits per heavy atom. The molecule has 0 aromatic heterocycles. The van der Waals surface area contributed by atoms with Crippen LogP contribution in [0.4, 0.5) is 4.79 Å². The monoisotopic (exact) mass is 164 g/mol. The van der Waals surface area contributed by atoms with E-state index in [9.17, 15) is 9.59 Å². The molecule has 0 fully saturated rings. The fourth-order valence-corrected chi connectivity index (χ4v) is 0.830. The second-order valence-corrected chi connectivity index (χ2v) is 2.40. The number of carbonyl (C=O) groups excluding carboxylic acids is 2. The third-order valence-corrected chi connectivity index (χ3v) is 1.40. The first kappa shape index (κ1) is 8.39. The lowest BCUT2D eigenvalue weighted by atomic mass is 10.1. The van der Waals surface area contributed by atoms with Crippen molar-refractivity contribution in [1.82, 2.24) is 0 Å². The molecular weight excluding hydrogens is 156 g/mol. The summed E-state index contributed by atoms with van der Waals surface area (Å²) in [6, 6.07) is -0.756. The molecule has 0 radical (unpaired) electrons. The van der Waals surface area contributed by atoms with Gasteiger partial charge in [0, 0.05) is 0 Å². The van der Waals surface area contributed by atoms with E-state index in [1.165, 1.54) is 18.2 Å². The summed E-state index contributed by atoms with van der Waals surface area (Å²) in [5, 5.41) is 0. The Bertz CT molecular complexity index is 324. The number of amides is 2. The van der Waals surface area contributed by atoms with Crippen molar-refractivity contribution >= 4 is 17.5 Å². The minimum Gasteiger partial charge on any atom is -0.350 e. The molecule has 0 aromatic carbocycles. The first-order chi connectivity index (χ1) is 5.59. The molecule has 0 aromatic rings. The van der Waals surface area contributed by atoms with Gasteiger partial charge in [-0.25, -0.2) is 4.79 Å². The summed E-state index contributed by atoms with van der Waals surface area (Å²) in [5.74, 6) is -0.0709. The Kier molecular flexibility index (Phi) is 2.19. The summed E-state index contributed by atoms with van der Waals surface area (Å²) in [6.45, 7) is 1.66. The summed E-state index contributed by atoms with van der Waals surface area (Å²) < 4.78 is 0. The quantitative estimate of drug-likeness (QED) is 0.532. The summed E-state index contributed by atoms with van der Waals surface area (Å²) in [5.41, 5.74) is 5.80. The van der Waals surface area contributed by atoms with Crippen LogP contribution in [-0.4, -0.2) is 17.5 Å². The highest BCUT2D eigenvalue weighted by atomic mass is 16.2. The van der Waals surface area contributed by atoms with Crippen molar-refractivity contribution in [3.63, 3.8) is 0 Å². The number of urea groups is 1. The van der Waals surface area contributed by atoms with Crippen LogP contribution in [0.5, 0.6) is 0 Å². The number of nitrogens with two attached hydrogens (primary N) is 1. The van der Waals surface area contributed by atoms with Gasteiger partial charge in [0.1, 0.15) is 0 Å². The largest absolute Gasteiger partial charge is 0.350 e. The molecule has 1 aliphatic rings. The smallest absolute Gasteiger partial charge is 0.338 e. The first-order valence-electron chi connectivity index (χ1n) is 3.38. The van der Waals surface area contributed by atoms with Crippen molar-refractivity contribution in [2.24, 2.45) is 10.7 Å². The third-order valence-electron chi connectivity index (χ3n) is 1.40. The van der Waals surface area contributed by atoms with Gasteiger partial charge in [0.25, 0.3) is 0 Å². The number of hydrogen-bond donors (Lipinski definition) is 1. The molecule has 0 atom stereocenters. The summed E-state index contributed by atoms with van der Waals surface area (Å²) in [4.78, 5) is 24.7. The Balaban J connectivity index is 2.93. The third kappa shape index (κ3) is 1.88. The van der Waals surface area contributed by atoms with E-state index in [0.717, 1.165) is 0 Å². The highest BCUT2D eigenvalue weighted by Gasteiger charge is 2.07. The molecule has 4 nitrogen and oxygen atoms in total. The van der Waals surface area contributed by atoms with Gasteiger partial charge in [-0.05, 0) is 30.7 Å². The van der Waals surface area contributed by atoms with E-state index in [0.29, 0.717) is 11.3 Å². The SMILES string of the molecule is CC1=CC(=NC(N)=O)C=CC1=O. The van der Waals surface area contributed by atoms with Gasteiger partial charge in [-0.2, -0.15) is 4.99 Å². The van der Waals surface area contributed by atoms with Crippen molar-refractivity contribution in [3.8, 4) is 0 Å². The molecule has 2 amide bonds. The molecule has 0 saturated heterocycles. The second-order valence-electron chi connectivity index (χ2n) is 2.40. The number of carbonyl (C=O) groups is 2. The molecule has 0 heterocycles. The van der Waals surface area contributed by atoms with Crippen LogP contribution in [0.2, 0.25) is 0 Å². The number of primary amides is 1. The Hall–Kier alpha value is -1.71. The summed E-state index contributed by atoms with van der Waals surface area (Å²) in [7, 11) is 0. The average Bonchev–Trinajstić information content (AvgIpc) is 1.96. The molecule has 0 bridgehead atoms. The molecule has 62 valence electrons. The van der Waals surface area contributed by atoms with E-state index >= 15 is 0 Å². The van der Waals surface area contributed by atoms with Crippen molar-refractivity contribution < 1.29 is 9.59 Å². The number of hydrogen-bond acceptors (Lipinski definition) is 2. The minimum absolute atomic E-state index is 0.0709. The van der Waals surface area contributed by atoms with Crippen molar-refractivity contribution in [1.29, 1.82) is 0 Å². The van der Waals surface area contributed by atoms with Crippen molar-refractivity contribution in [3.05, 3.63) is 23.8 Å². The Morgan fingerprint density at radius 1 is 1.50 bits per heavy atom. The van der Waals surface area contributed by atoms with Gasteiger partial charge in [-0.1, -0.05) is 0 Å². The molecular formula is C8H8N2O2. The minimum atomic E-state index is -0.756. The number of nitrogens with zero attached hydrogens (tertiary/aromatic N) is 1. The van der Waals surface area contributed by atoms with E-state index in [2.05, 4.69) is 4.99 Å². The highest BCUT2D eigenvalue weighted by molar-refractivity contribution is 6.20. The molecule has 4 heteroatoms. The zero-order valence-corrected chi connectivity index (χ0v) is 6.57. The topological polar surface area (TPSA) is 72.5 Å². The van der Waals surface area contributed by atoms with Gasteiger partial charge in [0.15, 0.2) is 5.78 Å². The number of ketones is 1. The van der Waals surface area contributed by atoms with Crippen LogP contribution < -0.4 is 5.73 Å². The zero-order chi connectivity index (χ0) is 9.14. The fraction of sp³-hybridized carbons (Fsp3) is 0.125. The first-order valence-corrected chi connectivity index (χ1v) is 3.38. The molecule has 0 spiro atoms. The lowest BCUT2D eigenvalue weighted by Crippen LogP contribution is -2.10. The molecule has 2 N–H and O–H groups in total. The molecule has 1 rings (SSSR count). The van der Waals surface area contributed by atoms with Gasteiger partial charge < -0.3 is 5.73 Å². The van der Waals surface area contributed by atoms with Gasteiger partial charge in [-0.15, -0.1) is 0 Å². The van der Waals surface area contributed by atoms with E-state index in [1.807, 2.05) is 0 Å². The van der Waals surface area contributed by atoms with Gasteiger partial charge >= 0.3 is 6.03 Å². The summed E-state index contributed by atoms with van der Waals surface area (Å²) >= 11 is 0. The normalized spacial score (nSPS) is 19.6. The maximum atomic E-state index is 10.9. The second kappa shape index (κ2) is 3.13. The molecule has 0 saturated carbocycles. The standard InChI is InChI=1S/C8H8N2O2/c1-5-4-6(10-8(9)12)2-3-7(5)11/h2-4H,1H3,(H2,9,12). The van der Waals surface area contributed by atoms with Crippen LogP contribution in [0.15, 0.2) is 28.8 Å². The van der Waals surface area contributed by atoms with Crippen LogP contribution in [0.1, 0.15) is 6.92 Å². The molecule has 1 aliphatic carbocycles. The van der Waals surface area contributed by atoms with Gasteiger partial charge in [0.05, 0.1) is 5.71 Å². The lowest BCUT2D eigenvalue weighted by molar-refractivity contribution is -0.111. The number of allylic oxidation sites excluding steroid dienone is 4. The number of rotatable bonds is 0. The van der Waals surface area contributed by atoms with Crippen LogP contribution in [0, 0.1) is 0 Å². The van der Waals surface area contributed by atoms with Crippen LogP contribution in [0.25, 0.3) is 0 Å². The fourth-order valence-electron chi connectivity index (χ4n) is 0.830. The highest BCUT2D eigenvalue weighted by Crippen LogP contribution is 2.04. The maximum Gasteiger partial charge on any atom is 0.338 e. The molecule has 0 aliphatic heterocycles. The molecule has 12 heavy (non-hydrogen) atoms. The van der Waals surface area contributed by atoms with Crippen LogP contribution in [-0.2, 0) is 4.79 Å². The summed E-state index contributed by atoms with van der Waals surface area (Å²) in [6.07, 6.45) is 4.34. The van der Waals surface area contributed by atoms with E-state index in [4.69, 9.17) is 5.73 Å². The van der Waals surface area contributed by atoms with E-state index in [1.54, 1.807) is 6.92 Å². The van der Waals surface area contributed by atoms with E-state index in [-0.39, 0.29) is 5.78 Å². The van der Waals surface area contributed by atoms with Crippen LogP contribution in [0.3, 0.4) is 0 Å². The van der Waals surface area contributed by atoms with Crippen LogP contribution >= 0.6 is 0 Å². The number of aliphatic imine (C=N–C) groups is 1. The zero-order valence-electron chi connectivity index (χ0n) is 6.57. The Labute approximate surface area is 69.5 Å². The van der Waals surface area contributed by atoms with E-state index < -0.39 is 6.03 Å². The van der Waals surface area contributed by atoms with Crippen molar-refractivity contribution in [2.45, 2.75) is 6.92 Å². The molecule has 0 unspecified atom stereocenters. The predicted octanol–water partition coefficient (Wildman–Crippen LogP) is 0.591.